The van der Waals surface area contributed by atoms with Crippen molar-refractivity contribution >= 4 is 12.0 Å². The molecule has 0 bridgehead atoms. The lowest BCUT2D eigenvalue weighted by Gasteiger charge is -2.45. The van der Waals surface area contributed by atoms with Crippen molar-refractivity contribution in [3.05, 3.63) is 35.4 Å². The quantitative estimate of drug-likeness (QED) is 0.866. The van der Waals surface area contributed by atoms with Gasteiger partial charge in [0.25, 0.3) is 0 Å². The fraction of sp³-hybridized carbons (Fsp3) is 0.636. The van der Waals surface area contributed by atoms with Crippen LogP contribution in [-0.2, 0) is 14.9 Å². The number of amides is 2. The summed E-state index contributed by atoms with van der Waals surface area (Å²) in [6.07, 6.45) is 3.13. The predicted octanol–water partition coefficient (Wildman–Crippen LogP) is 3.58. The summed E-state index contributed by atoms with van der Waals surface area (Å²) in [6.45, 7) is 8.80. The van der Waals surface area contributed by atoms with Crippen LogP contribution in [0.5, 0.6) is 0 Å². The van der Waals surface area contributed by atoms with Crippen LogP contribution in [0.3, 0.4) is 0 Å². The van der Waals surface area contributed by atoms with Gasteiger partial charge in [0.15, 0.2) is 0 Å². The summed E-state index contributed by atoms with van der Waals surface area (Å²) in [6, 6.07) is 8.95. The molecule has 1 aromatic rings. The van der Waals surface area contributed by atoms with E-state index < -0.39 is 0 Å². The molecule has 1 N–H and O–H groups in total. The minimum atomic E-state index is -0.348. The molecule has 1 aliphatic carbocycles. The molecular weight excluding hydrogens is 340 g/mol. The normalized spacial score (nSPS) is 28.6. The third-order valence-corrected chi connectivity index (χ3v) is 6.50. The van der Waals surface area contributed by atoms with Crippen molar-refractivity contribution in [2.45, 2.75) is 63.3 Å². The number of cyclic esters (lactones) is 1. The second kappa shape index (κ2) is 6.54. The summed E-state index contributed by atoms with van der Waals surface area (Å²) >= 11 is 0. The molecule has 0 aromatic heterocycles. The summed E-state index contributed by atoms with van der Waals surface area (Å²) in [7, 11) is 0. The van der Waals surface area contributed by atoms with Gasteiger partial charge in [-0.05, 0) is 48.1 Å². The maximum Gasteiger partial charge on any atom is 0.407 e. The highest BCUT2D eigenvalue weighted by Crippen LogP contribution is 2.42. The first-order chi connectivity index (χ1) is 12.8. The van der Waals surface area contributed by atoms with Crippen LogP contribution in [0.15, 0.2) is 24.3 Å². The van der Waals surface area contributed by atoms with E-state index in [9.17, 15) is 9.59 Å². The van der Waals surface area contributed by atoms with Crippen LogP contribution in [0.4, 0.5) is 4.79 Å². The third-order valence-electron chi connectivity index (χ3n) is 6.50. The Hall–Kier alpha value is -2.04. The standard InChI is InChI=1S/C22H30N2O3/c1-21(2,3)18-6-4-5-16(11-18)15-7-9-24(10-8-15)19(25)17-12-22(13-17)14-27-20(26)23-22/h4-6,11,15,17H,7-10,12-14H2,1-3H3,(H,23,26). The molecule has 1 saturated carbocycles. The average Bonchev–Trinajstić information content (AvgIpc) is 3.02. The van der Waals surface area contributed by atoms with Crippen LogP contribution < -0.4 is 5.32 Å². The second-order valence-corrected chi connectivity index (χ2v) is 9.56. The summed E-state index contributed by atoms with van der Waals surface area (Å²) in [4.78, 5) is 26.1. The summed E-state index contributed by atoms with van der Waals surface area (Å²) < 4.78 is 5.01. The van der Waals surface area contributed by atoms with Gasteiger partial charge in [0.1, 0.15) is 6.61 Å². The number of rotatable bonds is 2. The summed E-state index contributed by atoms with van der Waals surface area (Å²) in [5.41, 5.74) is 2.66. The van der Waals surface area contributed by atoms with Crippen LogP contribution in [-0.4, -0.2) is 42.1 Å². The number of carbonyl (C=O) groups excluding carboxylic acids is 2. The van der Waals surface area contributed by atoms with Gasteiger partial charge < -0.3 is 15.0 Å². The van der Waals surface area contributed by atoms with Crippen LogP contribution in [0.25, 0.3) is 0 Å². The highest BCUT2D eigenvalue weighted by Gasteiger charge is 2.53. The fourth-order valence-electron chi connectivity index (χ4n) is 4.72. The van der Waals surface area contributed by atoms with Crippen LogP contribution >= 0.6 is 0 Å². The predicted molar refractivity (Wildman–Crippen MR) is 104 cm³/mol. The van der Waals surface area contributed by atoms with E-state index in [1.165, 1.54) is 11.1 Å². The lowest BCUT2D eigenvalue weighted by molar-refractivity contribution is -0.142. The topological polar surface area (TPSA) is 58.6 Å². The first-order valence-corrected chi connectivity index (χ1v) is 10.1. The number of carbonyl (C=O) groups is 2. The van der Waals surface area contributed by atoms with Gasteiger partial charge in [-0.3, -0.25) is 4.79 Å². The molecule has 0 atom stereocenters. The number of ether oxygens (including phenoxy) is 1. The molecule has 5 heteroatoms. The SMILES string of the molecule is CC(C)(C)c1cccc(C2CCN(C(=O)C3CC4(COC(=O)N4)C3)CC2)c1. The van der Waals surface area contributed by atoms with Crippen molar-refractivity contribution in [2.75, 3.05) is 19.7 Å². The highest BCUT2D eigenvalue weighted by molar-refractivity contribution is 5.81. The van der Waals surface area contributed by atoms with Crippen molar-refractivity contribution in [3.63, 3.8) is 0 Å². The van der Waals surface area contributed by atoms with E-state index in [4.69, 9.17) is 4.74 Å². The Morgan fingerprint density at radius 2 is 1.93 bits per heavy atom. The van der Waals surface area contributed by atoms with Gasteiger partial charge in [-0.15, -0.1) is 0 Å². The Balaban J connectivity index is 1.32. The summed E-state index contributed by atoms with van der Waals surface area (Å²) in [5.74, 6) is 0.822. The monoisotopic (exact) mass is 370 g/mol. The van der Waals surface area contributed by atoms with E-state index >= 15 is 0 Å². The molecule has 1 spiro atoms. The molecule has 3 fully saturated rings. The van der Waals surface area contributed by atoms with E-state index in [2.05, 4.69) is 50.4 Å². The van der Waals surface area contributed by atoms with Crippen molar-refractivity contribution in [1.82, 2.24) is 10.2 Å². The maximum absolute atomic E-state index is 12.8. The largest absolute Gasteiger partial charge is 0.447 e. The molecule has 2 saturated heterocycles. The molecule has 4 rings (SSSR count). The third kappa shape index (κ3) is 3.56. The van der Waals surface area contributed by atoms with Gasteiger partial charge in [-0.2, -0.15) is 0 Å². The van der Waals surface area contributed by atoms with E-state index in [1.807, 2.05) is 4.90 Å². The van der Waals surface area contributed by atoms with Crippen molar-refractivity contribution in [1.29, 1.82) is 0 Å². The molecule has 2 heterocycles. The van der Waals surface area contributed by atoms with Crippen molar-refractivity contribution in [3.8, 4) is 0 Å². The fourth-order valence-corrected chi connectivity index (χ4v) is 4.72. The highest BCUT2D eigenvalue weighted by atomic mass is 16.6. The molecule has 0 unspecified atom stereocenters. The van der Waals surface area contributed by atoms with Gasteiger partial charge in [0.05, 0.1) is 5.54 Å². The number of hydrogen-bond acceptors (Lipinski definition) is 3. The van der Waals surface area contributed by atoms with Crippen molar-refractivity contribution in [2.24, 2.45) is 5.92 Å². The van der Waals surface area contributed by atoms with E-state index in [0.29, 0.717) is 25.4 Å². The molecule has 3 aliphatic rings. The number of alkyl carbamates (subject to hydrolysis) is 1. The van der Waals surface area contributed by atoms with Gasteiger partial charge in [0.2, 0.25) is 5.91 Å². The Kier molecular flexibility index (Phi) is 4.44. The minimum absolute atomic E-state index is 0.0350. The Morgan fingerprint density at radius 1 is 1.22 bits per heavy atom. The van der Waals surface area contributed by atoms with Gasteiger partial charge in [0, 0.05) is 19.0 Å². The van der Waals surface area contributed by atoms with Crippen LogP contribution in [0.2, 0.25) is 0 Å². The molecule has 1 aromatic carbocycles. The molecule has 5 nitrogen and oxygen atoms in total. The number of likely N-dealkylation sites (tertiary alicyclic amines) is 1. The first kappa shape index (κ1) is 18.3. The Bertz CT molecular complexity index is 738. The number of piperidine rings is 1. The van der Waals surface area contributed by atoms with Crippen LogP contribution in [0.1, 0.15) is 63.5 Å². The molecule has 27 heavy (non-hydrogen) atoms. The zero-order chi connectivity index (χ0) is 19.2. The first-order valence-electron chi connectivity index (χ1n) is 10.1. The van der Waals surface area contributed by atoms with E-state index in [-0.39, 0.29) is 28.9 Å². The molecule has 0 radical (unpaired) electrons. The van der Waals surface area contributed by atoms with Gasteiger partial charge >= 0.3 is 6.09 Å². The van der Waals surface area contributed by atoms with Gasteiger partial charge in [-0.1, -0.05) is 45.0 Å². The zero-order valence-electron chi connectivity index (χ0n) is 16.6. The maximum atomic E-state index is 12.8. The number of nitrogens with one attached hydrogen (secondary N) is 1. The van der Waals surface area contributed by atoms with Gasteiger partial charge in [-0.25, -0.2) is 4.79 Å². The Morgan fingerprint density at radius 3 is 2.52 bits per heavy atom. The lowest BCUT2D eigenvalue weighted by Crippen LogP contribution is -2.58. The smallest absolute Gasteiger partial charge is 0.407 e. The summed E-state index contributed by atoms with van der Waals surface area (Å²) in [5, 5.41) is 2.87. The second-order valence-electron chi connectivity index (χ2n) is 9.56. The Labute approximate surface area is 161 Å². The van der Waals surface area contributed by atoms with E-state index in [0.717, 1.165) is 25.9 Å². The zero-order valence-corrected chi connectivity index (χ0v) is 16.6. The average molecular weight is 370 g/mol. The number of benzene rings is 1. The number of hydrogen-bond donors (Lipinski definition) is 1. The van der Waals surface area contributed by atoms with Crippen molar-refractivity contribution < 1.29 is 14.3 Å². The lowest BCUT2D eigenvalue weighted by atomic mass is 9.68. The molecule has 2 aliphatic heterocycles. The molecule has 146 valence electrons. The minimum Gasteiger partial charge on any atom is -0.447 e. The van der Waals surface area contributed by atoms with Crippen LogP contribution in [0, 0.1) is 5.92 Å². The number of nitrogens with zero attached hydrogens (tertiary/aromatic N) is 1. The molecular formula is C22H30N2O3. The molecule has 2 amide bonds. The van der Waals surface area contributed by atoms with E-state index in [1.54, 1.807) is 0 Å².